The molecule has 0 radical (unpaired) electrons. The molecule has 1 N–H and O–H groups in total. The Kier molecular flexibility index (Phi) is 3.81. The van der Waals surface area contributed by atoms with Crippen molar-refractivity contribution in [3.63, 3.8) is 0 Å². The molecule has 1 aliphatic rings. The molecule has 0 aromatic carbocycles. The predicted molar refractivity (Wildman–Crippen MR) is 102 cm³/mol. The molecule has 0 bridgehead atoms. The van der Waals surface area contributed by atoms with E-state index < -0.39 is 0 Å². The van der Waals surface area contributed by atoms with Crippen molar-refractivity contribution in [3.8, 4) is 11.3 Å². The lowest BCUT2D eigenvalue weighted by molar-refractivity contribution is 0.691. The van der Waals surface area contributed by atoms with Crippen LogP contribution in [0.4, 0.5) is 11.8 Å². The highest BCUT2D eigenvalue weighted by Crippen LogP contribution is 2.33. The molecule has 4 aromatic rings. The Morgan fingerprint density at radius 3 is 2.89 bits per heavy atom. The smallest absolute Gasteiger partial charge is 0.228 e. The maximum absolute atomic E-state index is 4.62. The molecule has 0 spiro atoms. The fourth-order valence-corrected chi connectivity index (χ4v) is 3.20. The zero-order valence-corrected chi connectivity index (χ0v) is 15.1. The van der Waals surface area contributed by atoms with Gasteiger partial charge in [0.05, 0.1) is 11.9 Å². The van der Waals surface area contributed by atoms with Crippen LogP contribution in [-0.4, -0.2) is 34.3 Å². The third kappa shape index (κ3) is 3.25. The Labute approximate surface area is 156 Å². The number of pyridine rings is 1. The zero-order chi connectivity index (χ0) is 18.2. The highest BCUT2D eigenvalue weighted by atomic mass is 15.3. The molecule has 0 saturated heterocycles. The summed E-state index contributed by atoms with van der Waals surface area (Å²) in [5.74, 6) is 3.29. The molecule has 0 amide bonds. The van der Waals surface area contributed by atoms with Gasteiger partial charge in [-0.1, -0.05) is 12.8 Å². The molecule has 0 unspecified atom stereocenters. The van der Waals surface area contributed by atoms with Crippen LogP contribution in [0.2, 0.25) is 0 Å². The third-order valence-electron chi connectivity index (χ3n) is 4.97. The minimum absolute atomic E-state index is 0.530. The summed E-state index contributed by atoms with van der Waals surface area (Å²) in [4.78, 5) is 8.92. The van der Waals surface area contributed by atoms with E-state index in [0.717, 1.165) is 40.9 Å². The highest BCUT2D eigenvalue weighted by molar-refractivity contribution is 5.65. The van der Waals surface area contributed by atoms with E-state index in [4.69, 9.17) is 0 Å². The van der Waals surface area contributed by atoms with Crippen LogP contribution in [0.15, 0.2) is 42.9 Å². The van der Waals surface area contributed by atoms with Gasteiger partial charge in [-0.25, -0.2) is 9.97 Å². The SMILES string of the molecule is Cn1nccc1Nc1nccc(-c2ccn3c(CCC4CC4)nnc3c2)n1. The molecule has 5 rings (SSSR count). The van der Waals surface area contributed by atoms with Crippen LogP contribution in [0.1, 0.15) is 25.1 Å². The maximum Gasteiger partial charge on any atom is 0.228 e. The number of rotatable bonds is 6. The van der Waals surface area contributed by atoms with Crippen molar-refractivity contribution in [2.45, 2.75) is 25.7 Å². The fraction of sp³-hybridized carbons (Fsp3) is 0.316. The van der Waals surface area contributed by atoms with Crippen LogP contribution < -0.4 is 5.32 Å². The Hall–Kier alpha value is -3.29. The second kappa shape index (κ2) is 6.46. The molecule has 1 fully saturated rings. The molecule has 136 valence electrons. The summed E-state index contributed by atoms with van der Waals surface area (Å²) in [6.07, 6.45) is 10.4. The lowest BCUT2D eigenvalue weighted by Crippen LogP contribution is -2.03. The van der Waals surface area contributed by atoms with E-state index in [9.17, 15) is 0 Å². The Balaban J connectivity index is 1.41. The largest absolute Gasteiger partial charge is 0.309 e. The molecule has 0 atom stereocenters. The molecule has 4 heterocycles. The summed E-state index contributed by atoms with van der Waals surface area (Å²) in [5.41, 5.74) is 2.66. The fourth-order valence-electron chi connectivity index (χ4n) is 3.20. The molecule has 4 aromatic heterocycles. The van der Waals surface area contributed by atoms with Gasteiger partial charge in [0.25, 0.3) is 0 Å². The van der Waals surface area contributed by atoms with Gasteiger partial charge in [-0.05, 0) is 30.5 Å². The Bertz CT molecular complexity index is 1090. The van der Waals surface area contributed by atoms with E-state index in [0.29, 0.717) is 5.95 Å². The van der Waals surface area contributed by atoms with Crippen LogP contribution >= 0.6 is 0 Å². The van der Waals surface area contributed by atoms with Crippen molar-refractivity contribution in [1.29, 1.82) is 0 Å². The standard InChI is InChI=1S/C19H20N8/c1-26-16(7-10-21-26)23-19-20-9-6-15(22-19)14-8-11-27-17(5-4-13-2-3-13)24-25-18(27)12-14/h6-13H,2-5H2,1H3,(H,20,22,23). The van der Waals surface area contributed by atoms with Crippen molar-refractivity contribution >= 4 is 17.4 Å². The monoisotopic (exact) mass is 360 g/mol. The van der Waals surface area contributed by atoms with Crippen LogP contribution in [0, 0.1) is 5.92 Å². The number of hydrogen-bond acceptors (Lipinski definition) is 6. The lowest BCUT2D eigenvalue weighted by Gasteiger charge is -2.07. The van der Waals surface area contributed by atoms with Gasteiger partial charge in [-0.2, -0.15) is 5.10 Å². The highest BCUT2D eigenvalue weighted by Gasteiger charge is 2.21. The van der Waals surface area contributed by atoms with Crippen LogP contribution in [0.3, 0.4) is 0 Å². The first-order chi connectivity index (χ1) is 13.3. The molecule has 1 saturated carbocycles. The first-order valence-electron chi connectivity index (χ1n) is 9.18. The van der Waals surface area contributed by atoms with Crippen LogP contribution in [0.5, 0.6) is 0 Å². The van der Waals surface area contributed by atoms with Gasteiger partial charge in [-0.3, -0.25) is 9.08 Å². The van der Waals surface area contributed by atoms with Gasteiger partial charge in [0, 0.05) is 37.5 Å². The van der Waals surface area contributed by atoms with Crippen molar-refractivity contribution < 1.29 is 0 Å². The van der Waals surface area contributed by atoms with E-state index >= 15 is 0 Å². The van der Waals surface area contributed by atoms with Crippen LogP contribution in [-0.2, 0) is 13.5 Å². The van der Waals surface area contributed by atoms with Crippen molar-refractivity contribution in [3.05, 3.63) is 48.7 Å². The minimum Gasteiger partial charge on any atom is -0.309 e. The zero-order valence-electron chi connectivity index (χ0n) is 15.1. The maximum atomic E-state index is 4.62. The number of anilines is 2. The number of hydrogen-bond donors (Lipinski definition) is 1. The molecule has 0 aliphatic heterocycles. The summed E-state index contributed by atoms with van der Waals surface area (Å²) < 4.78 is 3.81. The predicted octanol–water partition coefficient (Wildman–Crippen LogP) is 3.01. The van der Waals surface area contributed by atoms with E-state index in [1.165, 1.54) is 19.3 Å². The second-order valence-electron chi connectivity index (χ2n) is 6.97. The Morgan fingerprint density at radius 2 is 2.07 bits per heavy atom. The molecule has 8 nitrogen and oxygen atoms in total. The quantitative estimate of drug-likeness (QED) is 0.569. The third-order valence-corrected chi connectivity index (χ3v) is 4.97. The van der Waals surface area contributed by atoms with Gasteiger partial charge in [-0.15, -0.1) is 10.2 Å². The normalized spacial score (nSPS) is 14.0. The van der Waals surface area contributed by atoms with Crippen molar-refractivity contribution in [2.75, 3.05) is 5.32 Å². The molecular formula is C19H20N8. The summed E-state index contributed by atoms with van der Waals surface area (Å²) in [5, 5.41) is 16.0. The lowest BCUT2D eigenvalue weighted by atomic mass is 10.2. The average molecular weight is 360 g/mol. The number of aromatic nitrogens is 7. The molecular weight excluding hydrogens is 340 g/mol. The summed E-state index contributed by atoms with van der Waals surface area (Å²) in [6.45, 7) is 0. The number of aryl methyl sites for hydroxylation is 2. The van der Waals surface area contributed by atoms with E-state index in [1.54, 1.807) is 17.1 Å². The van der Waals surface area contributed by atoms with Gasteiger partial charge in [0.2, 0.25) is 5.95 Å². The molecule has 8 heteroatoms. The van der Waals surface area contributed by atoms with Crippen molar-refractivity contribution in [1.82, 2.24) is 34.3 Å². The number of fused-ring (bicyclic) bond motifs is 1. The summed E-state index contributed by atoms with van der Waals surface area (Å²) in [6, 6.07) is 7.84. The number of nitrogens with zero attached hydrogens (tertiary/aromatic N) is 7. The first kappa shape index (κ1) is 15.9. The second-order valence-corrected chi connectivity index (χ2v) is 6.97. The van der Waals surface area contributed by atoms with E-state index in [1.807, 2.05) is 37.5 Å². The Morgan fingerprint density at radius 1 is 1.15 bits per heavy atom. The van der Waals surface area contributed by atoms with E-state index in [-0.39, 0.29) is 0 Å². The minimum atomic E-state index is 0.530. The van der Waals surface area contributed by atoms with Crippen LogP contribution in [0.25, 0.3) is 16.9 Å². The molecule has 27 heavy (non-hydrogen) atoms. The first-order valence-corrected chi connectivity index (χ1v) is 9.18. The topological polar surface area (TPSA) is 85.8 Å². The van der Waals surface area contributed by atoms with Crippen molar-refractivity contribution in [2.24, 2.45) is 13.0 Å². The van der Waals surface area contributed by atoms with Gasteiger partial charge < -0.3 is 5.32 Å². The van der Waals surface area contributed by atoms with E-state index in [2.05, 4.69) is 35.0 Å². The molecule has 1 aliphatic carbocycles. The van der Waals surface area contributed by atoms with Gasteiger partial charge in [0.15, 0.2) is 5.65 Å². The average Bonchev–Trinajstić information content (AvgIpc) is 3.31. The summed E-state index contributed by atoms with van der Waals surface area (Å²) in [7, 11) is 1.87. The summed E-state index contributed by atoms with van der Waals surface area (Å²) >= 11 is 0. The van der Waals surface area contributed by atoms with Gasteiger partial charge in [0.1, 0.15) is 11.6 Å². The number of nitrogens with one attached hydrogen (secondary N) is 1. The van der Waals surface area contributed by atoms with Gasteiger partial charge >= 0.3 is 0 Å².